The Morgan fingerprint density at radius 3 is 1.00 bits per heavy atom. The van der Waals surface area contributed by atoms with E-state index in [4.69, 9.17) is 0 Å². The van der Waals surface area contributed by atoms with E-state index in [1.54, 1.807) is 24.3 Å². The topological polar surface area (TPSA) is 89.5 Å². The number of non-ortho nitro benzene ring substituents is 2. The molecule has 0 heterocycles. The standard InChI is InChI=1S/C31H23N3O4/c1-22-2-12-27(13-3-22)32(28-14-4-23(5-15-28)25-8-18-30(19-9-25)33(35)36)29-16-6-24(7-17-29)26-10-20-31(21-11-26)34(37)38/h2-21H,1H3. The normalized spacial score (nSPS) is 10.7. The first kappa shape index (κ1) is 24.4. The summed E-state index contributed by atoms with van der Waals surface area (Å²) in [5, 5.41) is 21.9. The van der Waals surface area contributed by atoms with E-state index < -0.39 is 9.85 Å². The van der Waals surface area contributed by atoms with Crippen molar-refractivity contribution < 1.29 is 9.85 Å². The third kappa shape index (κ3) is 5.12. The van der Waals surface area contributed by atoms with Gasteiger partial charge >= 0.3 is 0 Å². The number of anilines is 3. The van der Waals surface area contributed by atoms with Gasteiger partial charge in [-0.25, -0.2) is 0 Å². The lowest BCUT2D eigenvalue weighted by atomic mass is 10.0. The van der Waals surface area contributed by atoms with Crippen LogP contribution in [0.3, 0.4) is 0 Å². The number of nitrogens with zero attached hydrogens (tertiary/aromatic N) is 3. The fourth-order valence-electron chi connectivity index (χ4n) is 4.30. The number of hydrogen-bond donors (Lipinski definition) is 0. The molecule has 0 atom stereocenters. The summed E-state index contributed by atoms with van der Waals surface area (Å²) in [6.45, 7) is 2.05. The summed E-state index contributed by atoms with van der Waals surface area (Å²) in [6.07, 6.45) is 0. The average molecular weight is 502 g/mol. The monoisotopic (exact) mass is 501 g/mol. The summed E-state index contributed by atoms with van der Waals surface area (Å²) in [5.41, 5.74) is 7.93. The Labute approximate surface area is 219 Å². The first-order valence-corrected chi connectivity index (χ1v) is 12.0. The molecule has 186 valence electrons. The fourth-order valence-corrected chi connectivity index (χ4v) is 4.30. The van der Waals surface area contributed by atoms with Crippen molar-refractivity contribution in [2.45, 2.75) is 6.92 Å². The minimum absolute atomic E-state index is 0.0630. The number of nitro benzene ring substituents is 2. The van der Waals surface area contributed by atoms with E-state index in [1.807, 2.05) is 55.5 Å². The highest BCUT2D eigenvalue weighted by Crippen LogP contribution is 2.37. The summed E-state index contributed by atoms with van der Waals surface area (Å²) in [6, 6.07) is 37.4. The van der Waals surface area contributed by atoms with E-state index in [0.717, 1.165) is 44.9 Å². The van der Waals surface area contributed by atoms with Gasteiger partial charge in [-0.2, -0.15) is 0 Å². The Kier molecular flexibility index (Phi) is 6.65. The molecule has 0 aromatic heterocycles. The van der Waals surface area contributed by atoms with Crippen molar-refractivity contribution >= 4 is 28.4 Å². The van der Waals surface area contributed by atoms with Gasteiger partial charge in [0.15, 0.2) is 0 Å². The van der Waals surface area contributed by atoms with Gasteiger partial charge in [0.2, 0.25) is 0 Å². The molecule has 0 unspecified atom stereocenters. The maximum absolute atomic E-state index is 11.0. The minimum atomic E-state index is -0.404. The molecule has 7 nitrogen and oxygen atoms in total. The molecule has 0 aliphatic carbocycles. The number of aryl methyl sites for hydroxylation is 1. The molecule has 0 fully saturated rings. The lowest BCUT2D eigenvalue weighted by molar-refractivity contribution is -0.385. The van der Waals surface area contributed by atoms with Gasteiger partial charge in [0.25, 0.3) is 11.4 Å². The third-order valence-corrected chi connectivity index (χ3v) is 6.37. The molecule has 0 aliphatic heterocycles. The SMILES string of the molecule is Cc1ccc(N(c2ccc(-c3ccc([N+](=O)[O-])cc3)cc2)c2ccc(-c3ccc([N+](=O)[O-])cc3)cc2)cc1. The Morgan fingerprint density at radius 2 is 0.711 bits per heavy atom. The Hall–Kier alpha value is -5.30. The van der Waals surface area contributed by atoms with E-state index in [1.165, 1.54) is 24.3 Å². The van der Waals surface area contributed by atoms with E-state index in [9.17, 15) is 20.2 Å². The van der Waals surface area contributed by atoms with Crippen molar-refractivity contribution in [1.29, 1.82) is 0 Å². The first-order valence-electron chi connectivity index (χ1n) is 12.0. The molecule has 0 saturated heterocycles. The molecule has 0 radical (unpaired) electrons. The largest absolute Gasteiger partial charge is 0.311 e. The predicted octanol–water partition coefficient (Wildman–Crippen LogP) is 8.62. The summed E-state index contributed by atoms with van der Waals surface area (Å²) >= 11 is 0. The van der Waals surface area contributed by atoms with Gasteiger partial charge in [-0.05, 0) is 89.8 Å². The molecule has 7 heteroatoms. The molecule has 0 N–H and O–H groups in total. The third-order valence-electron chi connectivity index (χ3n) is 6.37. The van der Waals surface area contributed by atoms with E-state index in [-0.39, 0.29) is 11.4 Å². The summed E-state index contributed by atoms with van der Waals surface area (Å²) in [4.78, 5) is 23.3. The van der Waals surface area contributed by atoms with Crippen molar-refractivity contribution in [2.75, 3.05) is 4.90 Å². The molecule has 5 rings (SSSR count). The van der Waals surface area contributed by atoms with Crippen LogP contribution < -0.4 is 4.90 Å². The van der Waals surface area contributed by atoms with Crippen LogP contribution in [0.15, 0.2) is 121 Å². The van der Waals surface area contributed by atoms with Gasteiger partial charge in [0, 0.05) is 41.3 Å². The zero-order chi connectivity index (χ0) is 26.6. The van der Waals surface area contributed by atoms with Crippen LogP contribution in [0.2, 0.25) is 0 Å². The molecule has 0 saturated carbocycles. The smallest absolute Gasteiger partial charge is 0.269 e. The van der Waals surface area contributed by atoms with Crippen LogP contribution in [-0.2, 0) is 0 Å². The molecule has 5 aromatic carbocycles. The van der Waals surface area contributed by atoms with E-state index in [0.29, 0.717) is 0 Å². The van der Waals surface area contributed by atoms with Crippen LogP contribution in [0.1, 0.15) is 5.56 Å². The molecular formula is C31H23N3O4. The quantitative estimate of drug-likeness (QED) is 0.164. The van der Waals surface area contributed by atoms with Gasteiger partial charge < -0.3 is 4.90 Å². The lowest BCUT2D eigenvalue weighted by Crippen LogP contribution is -2.09. The van der Waals surface area contributed by atoms with Crippen molar-refractivity contribution in [1.82, 2.24) is 0 Å². The van der Waals surface area contributed by atoms with Crippen molar-refractivity contribution in [3.8, 4) is 22.3 Å². The van der Waals surface area contributed by atoms with Gasteiger partial charge in [0.05, 0.1) is 9.85 Å². The van der Waals surface area contributed by atoms with Crippen LogP contribution in [0.25, 0.3) is 22.3 Å². The molecule has 0 bridgehead atoms. The molecule has 38 heavy (non-hydrogen) atoms. The maximum Gasteiger partial charge on any atom is 0.269 e. The Morgan fingerprint density at radius 1 is 0.447 bits per heavy atom. The number of rotatable bonds is 7. The number of hydrogen-bond acceptors (Lipinski definition) is 5. The highest BCUT2D eigenvalue weighted by Gasteiger charge is 2.14. The Bertz CT molecular complexity index is 1480. The van der Waals surface area contributed by atoms with Crippen LogP contribution in [0.4, 0.5) is 28.4 Å². The van der Waals surface area contributed by atoms with Crippen LogP contribution in [0.5, 0.6) is 0 Å². The van der Waals surface area contributed by atoms with Crippen molar-refractivity contribution in [3.05, 3.63) is 147 Å². The van der Waals surface area contributed by atoms with Crippen LogP contribution in [0, 0.1) is 27.2 Å². The second-order valence-corrected chi connectivity index (χ2v) is 8.87. The number of benzene rings is 5. The minimum Gasteiger partial charge on any atom is -0.311 e. The first-order chi connectivity index (χ1) is 18.4. The van der Waals surface area contributed by atoms with E-state index >= 15 is 0 Å². The number of nitro groups is 2. The summed E-state index contributed by atoms with van der Waals surface area (Å²) in [7, 11) is 0. The van der Waals surface area contributed by atoms with Gasteiger partial charge in [-0.15, -0.1) is 0 Å². The predicted molar refractivity (Wildman–Crippen MR) is 150 cm³/mol. The summed E-state index contributed by atoms with van der Waals surface area (Å²) in [5.74, 6) is 0. The highest BCUT2D eigenvalue weighted by molar-refractivity contribution is 5.80. The van der Waals surface area contributed by atoms with Crippen LogP contribution in [-0.4, -0.2) is 9.85 Å². The summed E-state index contributed by atoms with van der Waals surface area (Å²) < 4.78 is 0. The molecule has 0 amide bonds. The molecule has 5 aromatic rings. The zero-order valence-corrected chi connectivity index (χ0v) is 20.5. The lowest BCUT2D eigenvalue weighted by Gasteiger charge is -2.26. The fraction of sp³-hybridized carbons (Fsp3) is 0.0323. The van der Waals surface area contributed by atoms with Crippen molar-refractivity contribution in [2.24, 2.45) is 0 Å². The van der Waals surface area contributed by atoms with Crippen LogP contribution >= 0.6 is 0 Å². The average Bonchev–Trinajstić information content (AvgIpc) is 2.95. The van der Waals surface area contributed by atoms with Gasteiger partial charge in [-0.1, -0.05) is 42.0 Å². The molecule has 0 spiro atoms. The molecule has 0 aliphatic rings. The van der Waals surface area contributed by atoms with Crippen molar-refractivity contribution in [3.63, 3.8) is 0 Å². The molecular weight excluding hydrogens is 478 g/mol. The Balaban J connectivity index is 1.48. The van der Waals surface area contributed by atoms with E-state index in [2.05, 4.69) is 29.2 Å². The zero-order valence-electron chi connectivity index (χ0n) is 20.5. The highest BCUT2D eigenvalue weighted by atomic mass is 16.6. The van der Waals surface area contributed by atoms with Gasteiger partial charge in [-0.3, -0.25) is 20.2 Å². The second-order valence-electron chi connectivity index (χ2n) is 8.87. The second kappa shape index (κ2) is 10.4. The van der Waals surface area contributed by atoms with Gasteiger partial charge in [0.1, 0.15) is 0 Å². The maximum atomic E-state index is 11.0.